The highest BCUT2D eigenvalue weighted by Crippen LogP contribution is 2.34. The molecule has 1 heterocycles. The van der Waals surface area contributed by atoms with Crippen molar-refractivity contribution >= 4 is 16.0 Å². The van der Waals surface area contributed by atoms with Gasteiger partial charge in [-0.25, -0.2) is 17.9 Å². The highest BCUT2D eigenvalue weighted by atomic mass is 32.2. The first-order valence-electron chi connectivity index (χ1n) is 7.41. The van der Waals surface area contributed by atoms with E-state index in [0.29, 0.717) is 29.2 Å². The van der Waals surface area contributed by atoms with Gasteiger partial charge in [0.1, 0.15) is 0 Å². The molecule has 27 heavy (non-hydrogen) atoms. The van der Waals surface area contributed by atoms with Crippen molar-refractivity contribution in [3.63, 3.8) is 0 Å². The fourth-order valence-corrected chi connectivity index (χ4v) is 3.47. The molecular formula is C16H12F3NO6S. The van der Waals surface area contributed by atoms with Crippen molar-refractivity contribution in [1.82, 2.24) is 4.72 Å². The molecule has 0 amide bonds. The highest BCUT2D eigenvalue weighted by molar-refractivity contribution is 7.89. The van der Waals surface area contributed by atoms with E-state index in [-0.39, 0.29) is 13.3 Å². The number of alkyl halides is 3. The summed E-state index contributed by atoms with van der Waals surface area (Å²) < 4.78 is 76.3. The fraction of sp³-hybridized carbons (Fsp3) is 0.188. The Balaban J connectivity index is 1.85. The Bertz CT molecular complexity index is 1000. The number of hydrogen-bond donors (Lipinski definition) is 2. The minimum absolute atomic E-state index is 0.0423. The maximum Gasteiger partial charge on any atom is 0.417 e. The van der Waals surface area contributed by atoms with Crippen molar-refractivity contribution in [1.29, 1.82) is 0 Å². The van der Waals surface area contributed by atoms with Gasteiger partial charge in [0.2, 0.25) is 16.8 Å². The van der Waals surface area contributed by atoms with Crippen LogP contribution in [0.3, 0.4) is 0 Å². The van der Waals surface area contributed by atoms with E-state index in [2.05, 4.69) is 4.72 Å². The molecule has 0 spiro atoms. The SMILES string of the molecule is O=C(O)c1ccc(S(=O)(=O)NCc2ccc3c(c2)OCO3)cc1C(F)(F)F. The van der Waals surface area contributed by atoms with Gasteiger partial charge < -0.3 is 14.6 Å². The van der Waals surface area contributed by atoms with Gasteiger partial charge in [-0.1, -0.05) is 6.07 Å². The van der Waals surface area contributed by atoms with Crippen LogP contribution in [-0.2, 0) is 22.7 Å². The molecule has 2 aromatic rings. The van der Waals surface area contributed by atoms with Gasteiger partial charge in [0.25, 0.3) is 0 Å². The summed E-state index contributed by atoms with van der Waals surface area (Å²) in [5.41, 5.74) is -2.07. The number of nitrogens with one attached hydrogen (secondary N) is 1. The number of ether oxygens (including phenoxy) is 2. The van der Waals surface area contributed by atoms with Crippen molar-refractivity contribution in [2.45, 2.75) is 17.6 Å². The van der Waals surface area contributed by atoms with Crippen LogP contribution in [0.2, 0.25) is 0 Å². The molecule has 1 aliphatic rings. The molecule has 3 rings (SSSR count). The Morgan fingerprint density at radius 1 is 1.11 bits per heavy atom. The predicted molar refractivity (Wildman–Crippen MR) is 85.0 cm³/mol. The average molecular weight is 403 g/mol. The van der Waals surface area contributed by atoms with Gasteiger partial charge in [-0.2, -0.15) is 13.2 Å². The van der Waals surface area contributed by atoms with Crippen LogP contribution in [0.4, 0.5) is 13.2 Å². The van der Waals surface area contributed by atoms with Gasteiger partial charge >= 0.3 is 12.1 Å². The van der Waals surface area contributed by atoms with Crippen LogP contribution in [-0.4, -0.2) is 26.3 Å². The zero-order valence-electron chi connectivity index (χ0n) is 13.4. The van der Waals surface area contributed by atoms with Crippen LogP contribution < -0.4 is 14.2 Å². The lowest BCUT2D eigenvalue weighted by molar-refractivity contribution is -0.138. The minimum atomic E-state index is -5.02. The smallest absolute Gasteiger partial charge is 0.417 e. The third kappa shape index (κ3) is 3.98. The lowest BCUT2D eigenvalue weighted by Crippen LogP contribution is -2.24. The number of halogens is 3. The Labute approximate surface area is 151 Å². The first-order valence-corrected chi connectivity index (χ1v) is 8.89. The molecule has 2 N–H and O–H groups in total. The summed E-state index contributed by atoms with van der Waals surface area (Å²) in [4.78, 5) is 10.3. The van der Waals surface area contributed by atoms with E-state index < -0.39 is 38.2 Å². The van der Waals surface area contributed by atoms with E-state index in [4.69, 9.17) is 14.6 Å². The summed E-state index contributed by atoms with van der Waals surface area (Å²) in [5.74, 6) is -0.878. The third-order valence-electron chi connectivity index (χ3n) is 3.74. The van der Waals surface area contributed by atoms with E-state index in [1.54, 1.807) is 18.2 Å². The molecule has 0 aromatic heterocycles. The van der Waals surface area contributed by atoms with Crippen LogP contribution in [0, 0.1) is 0 Å². The second-order valence-corrected chi connectivity index (χ2v) is 7.29. The molecule has 7 nitrogen and oxygen atoms in total. The Kier molecular flexibility index (Phi) is 4.74. The molecule has 144 valence electrons. The average Bonchev–Trinajstić information content (AvgIpc) is 3.06. The monoisotopic (exact) mass is 403 g/mol. The largest absolute Gasteiger partial charge is 0.478 e. The lowest BCUT2D eigenvalue weighted by Gasteiger charge is -2.13. The number of fused-ring (bicyclic) bond motifs is 1. The van der Waals surface area contributed by atoms with Crippen molar-refractivity contribution in [3.05, 3.63) is 53.1 Å². The first kappa shape index (κ1) is 19.0. The lowest BCUT2D eigenvalue weighted by atomic mass is 10.1. The van der Waals surface area contributed by atoms with Crippen LogP contribution in [0.1, 0.15) is 21.5 Å². The second-order valence-electron chi connectivity index (χ2n) is 5.52. The molecule has 0 bridgehead atoms. The number of carboxylic acid groups (broad SMARTS) is 1. The molecule has 1 aliphatic heterocycles. The van der Waals surface area contributed by atoms with Crippen LogP contribution in [0.25, 0.3) is 0 Å². The highest BCUT2D eigenvalue weighted by Gasteiger charge is 2.36. The van der Waals surface area contributed by atoms with Gasteiger partial charge in [0.15, 0.2) is 11.5 Å². The normalized spacial score (nSPS) is 13.6. The molecule has 11 heteroatoms. The molecule has 0 radical (unpaired) electrons. The third-order valence-corrected chi connectivity index (χ3v) is 5.14. The topological polar surface area (TPSA) is 102 Å². The summed E-state index contributed by atoms with van der Waals surface area (Å²) in [6.45, 7) is -0.165. The van der Waals surface area contributed by atoms with Crippen LogP contribution >= 0.6 is 0 Å². The first-order chi connectivity index (χ1) is 12.6. The number of carbonyl (C=O) groups is 1. The number of aromatic carboxylic acids is 1. The van der Waals surface area contributed by atoms with Gasteiger partial charge in [-0.05, 0) is 35.9 Å². The number of rotatable bonds is 5. The van der Waals surface area contributed by atoms with Crippen molar-refractivity contribution in [2.75, 3.05) is 6.79 Å². The maximum atomic E-state index is 13.1. The van der Waals surface area contributed by atoms with Crippen LogP contribution in [0.5, 0.6) is 11.5 Å². The Morgan fingerprint density at radius 2 is 1.81 bits per heavy atom. The number of benzene rings is 2. The molecule has 0 atom stereocenters. The summed E-state index contributed by atoms with van der Waals surface area (Å²) in [7, 11) is -4.31. The van der Waals surface area contributed by atoms with Crippen molar-refractivity contribution in [2.24, 2.45) is 0 Å². The second kappa shape index (κ2) is 6.74. The zero-order chi connectivity index (χ0) is 19.8. The van der Waals surface area contributed by atoms with E-state index in [9.17, 15) is 26.4 Å². The number of sulfonamides is 1. The molecule has 2 aromatic carbocycles. The summed E-state index contributed by atoms with van der Waals surface area (Å²) in [5, 5.41) is 8.86. The molecule has 0 saturated heterocycles. The van der Waals surface area contributed by atoms with Gasteiger partial charge in [0.05, 0.1) is 16.0 Å². The maximum absolute atomic E-state index is 13.1. The summed E-state index contributed by atoms with van der Waals surface area (Å²) in [6.07, 6.45) is -5.02. The molecule has 0 saturated carbocycles. The Hall–Kier alpha value is -2.79. The zero-order valence-corrected chi connectivity index (χ0v) is 14.2. The van der Waals surface area contributed by atoms with E-state index >= 15 is 0 Å². The molecule has 0 unspecified atom stereocenters. The van der Waals surface area contributed by atoms with E-state index in [1.807, 2.05) is 0 Å². The Morgan fingerprint density at radius 3 is 2.48 bits per heavy atom. The summed E-state index contributed by atoms with van der Waals surface area (Å²) >= 11 is 0. The van der Waals surface area contributed by atoms with Crippen molar-refractivity contribution in [3.8, 4) is 11.5 Å². The van der Waals surface area contributed by atoms with E-state index in [1.165, 1.54) is 0 Å². The quantitative estimate of drug-likeness (QED) is 0.796. The summed E-state index contributed by atoms with van der Waals surface area (Å²) in [6, 6.07) is 6.41. The number of carboxylic acids is 1. The van der Waals surface area contributed by atoms with Gasteiger partial charge in [-0.3, -0.25) is 0 Å². The molecule has 0 fully saturated rings. The van der Waals surface area contributed by atoms with Crippen molar-refractivity contribution < 1.29 is 41.0 Å². The van der Waals surface area contributed by atoms with Gasteiger partial charge in [-0.15, -0.1) is 0 Å². The molecule has 0 aliphatic carbocycles. The predicted octanol–water partition coefficient (Wildman–Crippen LogP) is 2.61. The standard InChI is InChI=1S/C16H12F3NO6S/c17-16(18,19)12-6-10(2-3-11(12)15(21)22)27(23,24)20-7-9-1-4-13-14(5-9)26-8-25-13/h1-6,20H,7-8H2,(H,21,22). The molecular weight excluding hydrogens is 391 g/mol. The van der Waals surface area contributed by atoms with E-state index in [0.717, 1.165) is 6.07 Å². The fourth-order valence-electron chi connectivity index (χ4n) is 2.42. The minimum Gasteiger partial charge on any atom is -0.478 e. The van der Waals surface area contributed by atoms with Crippen LogP contribution in [0.15, 0.2) is 41.3 Å². The van der Waals surface area contributed by atoms with Gasteiger partial charge in [0, 0.05) is 6.54 Å². The number of hydrogen-bond acceptors (Lipinski definition) is 5.